The van der Waals surface area contributed by atoms with Gasteiger partial charge in [-0.3, -0.25) is 0 Å². The summed E-state index contributed by atoms with van der Waals surface area (Å²) in [6.45, 7) is 7.02. The molecular formula is C17H27NO. The highest BCUT2D eigenvalue weighted by molar-refractivity contribution is 5.30. The highest BCUT2D eigenvalue weighted by atomic mass is 16.5. The molecular weight excluding hydrogens is 234 g/mol. The first kappa shape index (κ1) is 14.4. The highest BCUT2D eigenvalue weighted by Crippen LogP contribution is 2.31. The number of rotatable bonds is 4. The van der Waals surface area contributed by atoms with E-state index >= 15 is 0 Å². The van der Waals surface area contributed by atoms with Crippen LogP contribution in [0.5, 0.6) is 5.75 Å². The number of benzene rings is 1. The number of hydrogen-bond donors (Lipinski definition) is 1. The maximum absolute atomic E-state index is 5.31. The van der Waals surface area contributed by atoms with E-state index < -0.39 is 0 Å². The summed E-state index contributed by atoms with van der Waals surface area (Å²) >= 11 is 0. The molecule has 0 amide bonds. The minimum atomic E-state index is 0.382. The molecule has 1 aromatic rings. The Morgan fingerprint density at radius 2 is 2.05 bits per heavy atom. The molecule has 4 atom stereocenters. The fourth-order valence-electron chi connectivity index (χ4n) is 3.15. The van der Waals surface area contributed by atoms with Gasteiger partial charge in [0.2, 0.25) is 0 Å². The average Bonchev–Trinajstić information content (AvgIpc) is 2.44. The third kappa shape index (κ3) is 3.50. The highest BCUT2D eigenvalue weighted by Gasteiger charge is 2.27. The molecule has 2 nitrogen and oxygen atoms in total. The average molecular weight is 261 g/mol. The second kappa shape index (κ2) is 6.42. The standard InChI is InChI=1S/C17H27NO/c1-12-7-5-10-17(13(12)2)18-14(3)15-8-6-9-16(11-15)19-4/h6,8-9,11-14,17-18H,5,7,10H2,1-4H3/t12?,13?,14-,17?/m0/s1. The van der Waals surface area contributed by atoms with Crippen LogP contribution < -0.4 is 10.1 Å². The van der Waals surface area contributed by atoms with E-state index in [1.807, 2.05) is 6.07 Å². The fourth-order valence-corrected chi connectivity index (χ4v) is 3.15. The van der Waals surface area contributed by atoms with Gasteiger partial charge in [0.25, 0.3) is 0 Å². The monoisotopic (exact) mass is 261 g/mol. The molecule has 0 saturated heterocycles. The molecule has 2 rings (SSSR count). The van der Waals surface area contributed by atoms with Crippen LogP contribution in [0.2, 0.25) is 0 Å². The first-order valence-corrected chi connectivity index (χ1v) is 7.51. The van der Waals surface area contributed by atoms with Crippen molar-refractivity contribution in [2.24, 2.45) is 11.8 Å². The van der Waals surface area contributed by atoms with E-state index in [0.717, 1.165) is 17.6 Å². The van der Waals surface area contributed by atoms with Gasteiger partial charge >= 0.3 is 0 Å². The van der Waals surface area contributed by atoms with E-state index in [0.29, 0.717) is 12.1 Å². The predicted molar refractivity (Wildman–Crippen MR) is 80.5 cm³/mol. The second-order valence-corrected chi connectivity index (χ2v) is 6.04. The van der Waals surface area contributed by atoms with Gasteiger partial charge in [-0.2, -0.15) is 0 Å². The number of methoxy groups -OCH3 is 1. The molecule has 1 aromatic carbocycles. The zero-order chi connectivity index (χ0) is 13.8. The molecule has 0 spiro atoms. The lowest BCUT2D eigenvalue weighted by atomic mass is 9.77. The minimum Gasteiger partial charge on any atom is -0.497 e. The Morgan fingerprint density at radius 3 is 2.79 bits per heavy atom. The maximum atomic E-state index is 5.31. The van der Waals surface area contributed by atoms with Gasteiger partial charge in [0.1, 0.15) is 5.75 Å². The minimum absolute atomic E-state index is 0.382. The third-order valence-electron chi connectivity index (χ3n) is 4.76. The van der Waals surface area contributed by atoms with E-state index in [2.05, 4.69) is 44.3 Å². The summed E-state index contributed by atoms with van der Waals surface area (Å²) in [7, 11) is 1.72. The third-order valence-corrected chi connectivity index (χ3v) is 4.76. The maximum Gasteiger partial charge on any atom is 0.119 e. The van der Waals surface area contributed by atoms with E-state index in [9.17, 15) is 0 Å². The number of ether oxygens (including phenoxy) is 1. The van der Waals surface area contributed by atoms with Crippen LogP contribution >= 0.6 is 0 Å². The lowest BCUT2D eigenvalue weighted by molar-refractivity contribution is 0.196. The van der Waals surface area contributed by atoms with Gasteiger partial charge in [0, 0.05) is 12.1 Å². The van der Waals surface area contributed by atoms with E-state index in [4.69, 9.17) is 4.74 Å². The first-order valence-electron chi connectivity index (χ1n) is 7.51. The molecule has 0 bridgehead atoms. The summed E-state index contributed by atoms with van der Waals surface area (Å²) in [4.78, 5) is 0. The number of nitrogens with one attached hydrogen (secondary N) is 1. The summed E-state index contributed by atoms with van der Waals surface area (Å²) in [5.41, 5.74) is 1.31. The molecule has 1 aliphatic rings. The normalized spacial score (nSPS) is 28.9. The lowest BCUT2D eigenvalue weighted by Gasteiger charge is -2.36. The first-order chi connectivity index (χ1) is 9.11. The van der Waals surface area contributed by atoms with Gasteiger partial charge in [-0.05, 0) is 42.9 Å². The SMILES string of the molecule is COc1cccc([C@H](C)NC2CCCC(C)C2C)c1. The lowest BCUT2D eigenvalue weighted by Crippen LogP contribution is -2.41. The molecule has 0 aliphatic heterocycles. The predicted octanol–water partition coefficient (Wildman–Crippen LogP) is 4.17. The van der Waals surface area contributed by atoms with Crippen molar-refractivity contribution in [3.63, 3.8) is 0 Å². The Labute approximate surface area is 117 Å². The summed E-state index contributed by atoms with van der Waals surface area (Å²) in [6.07, 6.45) is 4.04. The number of hydrogen-bond acceptors (Lipinski definition) is 2. The van der Waals surface area contributed by atoms with Crippen LogP contribution in [0, 0.1) is 11.8 Å². The topological polar surface area (TPSA) is 21.3 Å². The molecule has 1 N–H and O–H groups in total. The van der Waals surface area contributed by atoms with Crippen molar-refractivity contribution in [1.29, 1.82) is 0 Å². The van der Waals surface area contributed by atoms with Gasteiger partial charge in [0.05, 0.1) is 7.11 Å². The molecule has 1 fully saturated rings. The summed E-state index contributed by atoms with van der Waals surface area (Å²) in [5, 5.41) is 3.81. The van der Waals surface area contributed by atoms with Crippen LogP contribution in [0.1, 0.15) is 51.6 Å². The smallest absolute Gasteiger partial charge is 0.119 e. The van der Waals surface area contributed by atoms with Crippen LogP contribution in [0.3, 0.4) is 0 Å². The summed E-state index contributed by atoms with van der Waals surface area (Å²) in [5.74, 6) is 2.54. The van der Waals surface area contributed by atoms with Crippen molar-refractivity contribution in [2.45, 2.75) is 52.1 Å². The molecule has 106 valence electrons. The van der Waals surface area contributed by atoms with Crippen LogP contribution in [0.25, 0.3) is 0 Å². The van der Waals surface area contributed by atoms with Crippen molar-refractivity contribution in [3.8, 4) is 5.75 Å². The van der Waals surface area contributed by atoms with Gasteiger partial charge in [0.15, 0.2) is 0 Å². The van der Waals surface area contributed by atoms with E-state index in [1.54, 1.807) is 7.11 Å². The second-order valence-electron chi connectivity index (χ2n) is 6.04. The van der Waals surface area contributed by atoms with Crippen molar-refractivity contribution >= 4 is 0 Å². The molecule has 1 aliphatic carbocycles. The summed E-state index contributed by atoms with van der Waals surface area (Å²) in [6, 6.07) is 9.41. The Balaban J connectivity index is 2.01. The molecule has 2 heteroatoms. The van der Waals surface area contributed by atoms with Gasteiger partial charge in [-0.1, -0.05) is 38.8 Å². The van der Waals surface area contributed by atoms with Crippen LogP contribution in [0.15, 0.2) is 24.3 Å². The summed E-state index contributed by atoms with van der Waals surface area (Å²) < 4.78 is 5.31. The van der Waals surface area contributed by atoms with Gasteiger partial charge in [-0.25, -0.2) is 0 Å². The Bertz CT molecular complexity index is 404. The zero-order valence-corrected chi connectivity index (χ0v) is 12.6. The van der Waals surface area contributed by atoms with Gasteiger partial charge in [-0.15, -0.1) is 0 Å². The largest absolute Gasteiger partial charge is 0.497 e. The zero-order valence-electron chi connectivity index (χ0n) is 12.6. The van der Waals surface area contributed by atoms with Crippen molar-refractivity contribution in [2.75, 3.05) is 7.11 Å². The molecule has 3 unspecified atom stereocenters. The van der Waals surface area contributed by atoms with Crippen molar-refractivity contribution < 1.29 is 4.74 Å². The van der Waals surface area contributed by atoms with Gasteiger partial charge < -0.3 is 10.1 Å². The Kier molecular flexibility index (Phi) is 4.87. The Hall–Kier alpha value is -1.02. The molecule has 1 saturated carbocycles. The van der Waals surface area contributed by atoms with Crippen LogP contribution in [-0.2, 0) is 0 Å². The molecule has 0 radical (unpaired) electrons. The molecule has 19 heavy (non-hydrogen) atoms. The quantitative estimate of drug-likeness (QED) is 0.878. The van der Waals surface area contributed by atoms with Crippen molar-refractivity contribution in [1.82, 2.24) is 5.32 Å². The van der Waals surface area contributed by atoms with E-state index in [-0.39, 0.29) is 0 Å². The Morgan fingerprint density at radius 1 is 1.26 bits per heavy atom. The fraction of sp³-hybridized carbons (Fsp3) is 0.647. The van der Waals surface area contributed by atoms with Crippen molar-refractivity contribution in [3.05, 3.63) is 29.8 Å². The van der Waals surface area contributed by atoms with Crippen LogP contribution in [0.4, 0.5) is 0 Å². The van der Waals surface area contributed by atoms with E-state index in [1.165, 1.54) is 24.8 Å². The molecule has 0 aromatic heterocycles. The molecule has 0 heterocycles. The van der Waals surface area contributed by atoms with Crippen LogP contribution in [-0.4, -0.2) is 13.2 Å².